The van der Waals surface area contributed by atoms with Gasteiger partial charge in [-0.25, -0.2) is 0 Å². The van der Waals surface area contributed by atoms with Crippen LogP contribution in [0.25, 0.3) is 0 Å². The van der Waals surface area contributed by atoms with Gasteiger partial charge in [-0.15, -0.1) is 0 Å². The van der Waals surface area contributed by atoms with Gasteiger partial charge >= 0.3 is 0 Å². The summed E-state index contributed by atoms with van der Waals surface area (Å²) >= 11 is 0. The van der Waals surface area contributed by atoms with Gasteiger partial charge in [-0.3, -0.25) is 9.59 Å². The first-order chi connectivity index (χ1) is 7.77. The van der Waals surface area contributed by atoms with Gasteiger partial charge < -0.3 is 4.90 Å². The summed E-state index contributed by atoms with van der Waals surface area (Å²) in [5, 5.41) is 0. The standard InChI is InChI=1S/C13H15NO2/c15-12(11-5-2-1-3-6-11)7-8-13(16)14-9-4-10-14/h1-3,5-6H,4,7-10H2. The number of carbonyl (C=O) groups is 2. The van der Waals surface area contributed by atoms with E-state index >= 15 is 0 Å². The zero-order valence-corrected chi connectivity index (χ0v) is 9.19. The van der Waals surface area contributed by atoms with Crippen molar-refractivity contribution in [1.29, 1.82) is 0 Å². The number of nitrogens with zero attached hydrogens (tertiary/aromatic N) is 1. The summed E-state index contributed by atoms with van der Waals surface area (Å²) in [4.78, 5) is 25.0. The number of carbonyl (C=O) groups excluding carboxylic acids is 2. The first-order valence-corrected chi connectivity index (χ1v) is 5.63. The SMILES string of the molecule is O=C(CCC(=O)N1CCC1)c1ccccc1. The minimum Gasteiger partial charge on any atom is -0.343 e. The molecule has 0 unspecified atom stereocenters. The predicted octanol–water partition coefficient (Wildman–Crippen LogP) is 1.88. The van der Waals surface area contributed by atoms with E-state index in [-0.39, 0.29) is 11.7 Å². The first-order valence-electron chi connectivity index (χ1n) is 5.63. The molecule has 1 aromatic carbocycles. The molecule has 3 heteroatoms. The molecule has 0 bridgehead atoms. The smallest absolute Gasteiger partial charge is 0.223 e. The highest BCUT2D eigenvalue weighted by Gasteiger charge is 2.20. The second-order valence-electron chi connectivity index (χ2n) is 4.02. The van der Waals surface area contributed by atoms with Crippen LogP contribution >= 0.6 is 0 Å². The Kier molecular flexibility index (Phi) is 3.34. The molecule has 3 nitrogen and oxygen atoms in total. The molecule has 0 aliphatic carbocycles. The van der Waals surface area contributed by atoms with Crippen molar-refractivity contribution in [3.05, 3.63) is 35.9 Å². The van der Waals surface area contributed by atoms with Gasteiger partial charge in [0.15, 0.2) is 5.78 Å². The molecule has 0 atom stereocenters. The molecule has 0 aromatic heterocycles. The van der Waals surface area contributed by atoms with Crippen LogP contribution in [-0.4, -0.2) is 29.7 Å². The molecule has 0 radical (unpaired) electrons. The Morgan fingerprint density at radius 3 is 2.31 bits per heavy atom. The lowest BCUT2D eigenvalue weighted by Crippen LogP contribution is -2.42. The topological polar surface area (TPSA) is 37.4 Å². The highest BCUT2D eigenvalue weighted by atomic mass is 16.2. The highest BCUT2D eigenvalue weighted by Crippen LogP contribution is 2.11. The maximum atomic E-state index is 11.7. The van der Waals surface area contributed by atoms with E-state index in [1.165, 1.54) is 0 Å². The van der Waals surface area contributed by atoms with Gasteiger partial charge in [0.1, 0.15) is 0 Å². The van der Waals surface area contributed by atoms with Gasteiger partial charge in [0.2, 0.25) is 5.91 Å². The molecule has 1 fully saturated rings. The average molecular weight is 217 g/mol. The summed E-state index contributed by atoms with van der Waals surface area (Å²) < 4.78 is 0. The van der Waals surface area contributed by atoms with Crippen LogP contribution < -0.4 is 0 Å². The summed E-state index contributed by atoms with van der Waals surface area (Å²) in [6, 6.07) is 9.13. The zero-order chi connectivity index (χ0) is 11.4. The molecular weight excluding hydrogens is 202 g/mol. The van der Waals surface area contributed by atoms with E-state index in [0.29, 0.717) is 18.4 Å². The first kappa shape index (κ1) is 10.9. The van der Waals surface area contributed by atoms with Crippen LogP contribution in [0.2, 0.25) is 0 Å². The maximum Gasteiger partial charge on any atom is 0.223 e. The van der Waals surface area contributed by atoms with Crippen LogP contribution in [0.3, 0.4) is 0 Å². The minimum absolute atomic E-state index is 0.0504. The van der Waals surface area contributed by atoms with Crippen molar-refractivity contribution < 1.29 is 9.59 Å². The fraction of sp³-hybridized carbons (Fsp3) is 0.385. The van der Waals surface area contributed by atoms with Crippen molar-refractivity contribution in [2.45, 2.75) is 19.3 Å². The number of amides is 1. The van der Waals surface area contributed by atoms with E-state index < -0.39 is 0 Å². The lowest BCUT2D eigenvalue weighted by Gasteiger charge is -2.30. The molecule has 1 aromatic rings. The highest BCUT2D eigenvalue weighted by molar-refractivity contribution is 5.97. The Labute approximate surface area is 95.1 Å². The largest absolute Gasteiger partial charge is 0.343 e. The third kappa shape index (κ3) is 2.48. The number of rotatable bonds is 4. The Balaban J connectivity index is 1.81. The molecule has 1 amide bonds. The molecule has 1 heterocycles. The van der Waals surface area contributed by atoms with E-state index in [4.69, 9.17) is 0 Å². The van der Waals surface area contributed by atoms with Crippen LogP contribution in [-0.2, 0) is 4.79 Å². The van der Waals surface area contributed by atoms with E-state index in [1.807, 2.05) is 18.2 Å². The number of hydrogen-bond donors (Lipinski definition) is 0. The molecular formula is C13H15NO2. The van der Waals surface area contributed by atoms with Gasteiger partial charge in [-0.2, -0.15) is 0 Å². The lowest BCUT2D eigenvalue weighted by molar-refractivity contribution is -0.134. The Bertz CT molecular complexity index is 382. The molecule has 1 aliphatic rings. The van der Waals surface area contributed by atoms with Crippen LogP contribution in [0, 0.1) is 0 Å². The van der Waals surface area contributed by atoms with Crippen molar-refractivity contribution in [1.82, 2.24) is 4.90 Å². The monoisotopic (exact) mass is 217 g/mol. The number of benzene rings is 1. The summed E-state index contributed by atoms with van der Waals surface area (Å²) in [6.07, 6.45) is 1.76. The Morgan fingerprint density at radius 1 is 1.06 bits per heavy atom. The van der Waals surface area contributed by atoms with Crippen molar-refractivity contribution in [3.8, 4) is 0 Å². The number of ketones is 1. The molecule has 0 spiro atoms. The fourth-order valence-electron chi connectivity index (χ4n) is 1.71. The molecule has 2 rings (SSSR count). The molecule has 1 saturated heterocycles. The lowest BCUT2D eigenvalue weighted by atomic mass is 10.1. The van der Waals surface area contributed by atoms with Gasteiger partial charge in [-0.1, -0.05) is 30.3 Å². The summed E-state index contributed by atoms with van der Waals surface area (Å²) in [7, 11) is 0. The average Bonchev–Trinajstić information content (AvgIpc) is 2.25. The van der Waals surface area contributed by atoms with Crippen molar-refractivity contribution in [2.24, 2.45) is 0 Å². The maximum absolute atomic E-state index is 11.7. The third-order valence-electron chi connectivity index (χ3n) is 2.87. The van der Waals surface area contributed by atoms with E-state index in [1.54, 1.807) is 17.0 Å². The van der Waals surface area contributed by atoms with Gasteiger partial charge in [0.25, 0.3) is 0 Å². The molecule has 1 aliphatic heterocycles. The second kappa shape index (κ2) is 4.92. The van der Waals surface area contributed by atoms with Crippen LogP contribution in [0.5, 0.6) is 0 Å². The summed E-state index contributed by atoms with van der Waals surface area (Å²) in [5.41, 5.74) is 0.693. The Hall–Kier alpha value is -1.64. The fourth-order valence-corrected chi connectivity index (χ4v) is 1.71. The van der Waals surface area contributed by atoms with E-state index in [9.17, 15) is 9.59 Å². The van der Waals surface area contributed by atoms with E-state index in [0.717, 1.165) is 19.5 Å². The van der Waals surface area contributed by atoms with Crippen LogP contribution in [0.15, 0.2) is 30.3 Å². The van der Waals surface area contributed by atoms with E-state index in [2.05, 4.69) is 0 Å². The quantitative estimate of drug-likeness (QED) is 0.722. The Morgan fingerprint density at radius 2 is 1.75 bits per heavy atom. The molecule has 0 N–H and O–H groups in total. The van der Waals surface area contributed by atoms with Gasteiger partial charge in [0.05, 0.1) is 0 Å². The number of hydrogen-bond acceptors (Lipinski definition) is 2. The van der Waals surface area contributed by atoms with Crippen molar-refractivity contribution in [3.63, 3.8) is 0 Å². The molecule has 84 valence electrons. The molecule has 16 heavy (non-hydrogen) atoms. The normalized spacial score (nSPS) is 14.4. The number of likely N-dealkylation sites (tertiary alicyclic amines) is 1. The summed E-state index contributed by atoms with van der Waals surface area (Å²) in [5.74, 6) is 0.157. The molecule has 0 saturated carbocycles. The van der Waals surface area contributed by atoms with Crippen LogP contribution in [0.1, 0.15) is 29.6 Å². The van der Waals surface area contributed by atoms with Gasteiger partial charge in [-0.05, 0) is 6.42 Å². The minimum atomic E-state index is 0.0504. The second-order valence-corrected chi connectivity index (χ2v) is 4.02. The van der Waals surface area contributed by atoms with Crippen molar-refractivity contribution >= 4 is 11.7 Å². The predicted molar refractivity (Wildman–Crippen MR) is 61.2 cm³/mol. The van der Waals surface area contributed by atoms with Crippen LogP contribution in [0.4, 0.5) is 0 Å². The van der Waals surface area contributed by atoms with Gasteiger partial charge in [0, 0.05) is 31.5 Å². The number of Topliss-reactive ketones (excluding diaryl/α,β-unsaturated/α-hetero) is 1. The summed E-state index contributed by atoms with van der Waals surface area (Å²) in [6.45, 7) is 1.72. The van der Waals surface area contributed by atoms with Crippen molar-refractivity contribution in [2.75, 3.05) is 13.1 Å². The zero-order valence-electron chi connectivity index (χ0n) is 9.19. The third-order valence-corrected chi connectivity index (χ3v) is 2.87.